The Morgan fingerprint density at radius 2 is 2.17 bits per heavy atom. The summed E-state index contributed by atoms with van der Waals surface area (Å²) in [6.07, 6.45) is 0. The standard InChI is InChI=1S/C9H11BO2/c1-6-5-7(10)3-4-8(6)9(11)12-2/h3-5H,10H2,1-2H3. The molecule has 1 aromatic rings. The number of carbonyl (C=O) groups is 1. The van der Waals surface area contributed by atoms with Crippen LogP contribution in [-0.2, 0) is 4.74 Å². The number of rotatable bonds is 1. The molecule has 0 aliphatic rings. The second-order valence-electron chi connectivity index (χ2n) is 2.81. The van der Waals surface area contributed by atoms with Crippen LogP contribution in [0.4, 0.5) is 0 Å². The summed E-state index contributed by atoms with van der Waals surface area (Å²) in [6, 6.07) is 5.65. The van der Waals surface area contributed by atoms with E-state index in [1.165, 1.54) is 7.11 Å². The van der Waals surface area contributed by atoms with Crippen molar-refractivity contribution in [3.8, 4) is 0 Å². The first-order valence-electron chi connectivity index (χ1n) is 3.80. The predicted molar refractivity (Wildman–Crippen MR) is 50.7 cm³/mol. The van der Waals surface area contributed by atoms with Crippen molar-refractivity contribution in [1.82, 2.24) is 0 Å². The van der Waals surface area contributed by atoms with Crippen molar-refractivity contribution < 1.29 is 9.53 Å². The fourth-order valence-electron chi connectivity index (χ4n) is 1.15. The molecule has 12 heavy (non-hydrogen) atoms. The van der Waals surface area contributed by atoms with E-state index in [-0.39, 0.29) is 5.97 Å². The Balaban J connectivity index is 3.09. The average molecular weight is 162 g/mol. The highest BCUT2D eigenvalue weighted by atomic mass is 16.5. The molecule has 0 radical (unpaired) electrons. The number of ether oxygens (including phenoxy) is 1. The lowest BCUT2D eigenvalue weighted by atomic mass is 9.92. The van der Waals surface area contributed by atoms with Crippen LogP contribution in [0, 0.1) is 6.92 Å². The maximum absolute atomic E-state index is 11.1. The fraction of sp³-hybridized carbons (Fsp3) is 0.222. The van der Waals surface area contributed by atoms with Gasteiger partial charge in [0.25, 0.3) is 0 Å². The van der Waals surface area contributed by atoms with Crippen molar-refractivity contribution in [1.29, 1.82) is 0 Å². The van der Waals surface area contributed by atoms with Crippen molar-refractivity contribution >= 4 is 19.3 Å². The number of aryl methyl sites for hydroxylation is 1. The molecule has 0 amide bonds. The van der Waals surface area contributed by atoms with Gasteiger partial charge in [-0.2, -0.15) is 0 Å². The summed E-state index contributed by atoms with van der Waals surface area (Å²) in [4.78, 5) is 11.1. The van der Waals surface area contributed by atoms with Gasteiger partial charge in [-0.15, -0.1) is 0 Å². The molecular weight excluding hydrogens is 151 g/mol. The van der Waals surface area contributed by atoms with E-state index in [9.17, 15) is 4.79 Å². The van der Waals surface area contributed by atoms with Gasteiger partial charge in [0.05, 0.1) is 12.7 Å². The zero-order valence-corrected chi connectivity index (χ0v) is 7.55. The molecule has 0 N–H and O–H groups in total. The van der Waals surface area contributed by atoms with Gasteiger partial charge in [0.2, 0.25) is 0 Å². The van der Waals surface area contributed by atoms with Crippen molar-refractivity contribution in [3.05, 3.63) is 29.3 Å². The van der Waals surface area contributed by atoms with Crippen LogP contribution in [0.15, 0.2) is 18.2 Å². The van der Waals surface area contributed by atoms with Gasteiger partial charge in [0, 0.05) is 0 Å². The summed E-state index contributed by atoms with van der Waals surface area (Å²) in [6.45, 7) is 1.90. The minimum Gasteiger partial charge on any atom is -0.465 e. The second-order valence-corrected chi connectivity index (χ2v) is 2.81. The number of esters is 1. The Hall–Kier alpha value is -1.25. The van der Waals surface area contributed by atoms with E-state index in [0.717, 1.165) is 11.0 Å². The zero-order valence-electron chi connectivity index (χ0n) is 7.55. The Labute approximate surface area is 73.0 Å². The minimum atomic E-state index is -0.271. The van der Waals surface area contributed by atoms with Gasteiger partial charge >= 0.3 is 5.97 Å². The maximum atomic E-state index is 11.1. The Morgan fingerprint density at radius 3 is 2.67 bits per heavy atom. The minimum absolute atomic E-state index is 0.271. The lowest BCUT2D eigenvalue weighted by Gasteiger charge is -2.03. The molecule has 0 atom stereocenters. The van der Waals surface area contributed by atoms with Crippen LogP contribution in [0.5, 0.6) is 0 Å². The van der Waals surface area contributed by atoms with Crippen molar-refractivity contribution in [2.45, 2.75) is 6.92 Å². The summed E-state index contributed by atoms with van der Waals surface area (Å²) in [5.41, 5.74) is 2.75. The molecule has 2 nitrogen and oxygen atoms in total. The average Bonchev–Trinajstić information content (AvgIpc) is 2.03. The zero-order chi connectivity index (χ0) is 9.14. The van der Waals surface area contributed by atoms with Gasteiger partial charge in [-0.3, -0.25) is 0 Å². The first kappa shape index (κ1) is 8.85. The molecule has 0 fully saturated rings. The van der Waals surface area contributed by atoms with Crippen molar-refractivity contribution in [2.24, 2.45) is 0 Å². The maximum Gasteiger partial charge on any atom is 0.338 e. The van der Waals surface area contributed by atoms with Crippen LogP contribution in [0.1, 0.15) is 15.9 Å². The largest absolute Gasteiger partial charge is 0.465 e. The van der Waals surface area contributed by atoms with E-state index in [0.29, 0.717) is 5.56 Å². The molecule has 0 aliphatic carbocycles. The topological polar surface area (TPSA) is 26.3 Å². The number of hydrogen-bond acceptors (Lipinski definition) is 2. The van der Waals surface area contributed by atoms with Gasteiger partial charge in [-0.25, -0.2) is 4.79 Å². The molecule has 0 saturated heterocycles. The van der Waals surface area contributed by atoms with E-state index >= 15 is 0 Å². The first-order valence-corrected chi connectivity index (χ1v) is 3.80. The molecular formula is C9H11BO2. The van der Waals surface area contributed by atoms with Crippen LogP contribution in [-0.4, -0.2) is 20.9 Å². The van der Waals surface area contributed by atoms with E-state index < -0.39 is 0 Å². The van der Waals surface area contributed by atoms with E-state index in [4.69, 9.17) is 0 Å². The smallest absolute Gasteiger partial charge is 0.338 e. The summed E-state index contributed by atoms with van der Waals surface area (Å²) in [5.74, 6) is -0.271. The highest BCUT2D eigenvalue weighted by Gasteiger charge is 2.07. The number of methoxy groups -OCH3 is 1. The SMILES string of the molecule is Bc1ccc(C(=O)OC)c(C)c1. The predicted octanol–water partition coefficient (Wildman–Crippen LogP) is 0.0400. The molecule has 3 heteroatoms. The van der Waals surface area contributed by atoms with Crippen molar-refractivity contribution in [2.75, 3.05) is 7.11 Å². The van der Waals surface area contributed by atoms with E-state index in [1.54, 1.807) is 6.07 Å². The van der Waals surface area contributed by atoms with Gasteiger partial charge < -0.3 is 4.74 Å². The summed E-state index contributed by atoms with van der Waals surface area (Å²) in [7, 11) is 3.38. The number of hydrogen-bond donors (Lipinski definition) is 0. The lowest BCUT2D eigenvalue weighted by molar-refractivity contribution is 0.0600. The molecule has 0 unspecified atom stereocenters. The third-order valence-corrected chi connectivity index (χ3v) is 1.79. The second kappa shape index (κ2) is 3.43. The molecule has 62 valence electrons. The van der Waals surface area contributed by atoms with Crippen molar-refractivity contribution in [3.63, 3.8) is 0 Å². The number of benzene rings is 1. The molecule has 0 aliphatic heterocycles. The van der Waals surface area contributed by atoms with Crippen LogP contribution in [0.2, 0.25) is 0 Å². The Kier molecular flexibility index (Phi) is 2.53. The molecule has 0 bridgehead atoms. The molecule has 0 heterocycles. The van der Waals surface area contributed by atoms with Gasteiger partial charge in [-0.05, 0) is 18.6 Å². The molecule has 0 spiro atoms. The fourth-order valence-corrected chi connectivity index (χ4v) is 1.15. The van der Waals surface area contributed by atoms with Crippen LogP contribution in [0.25, 0.3) is 0 Å². The summed E-state index contributed by atoms with van der Waals surface area (Å²) >= 11 is 0. The van der Waals surface area contributed by atoms with Gasteiger partial charge in [0.15, 0.2) is 0 Å². The lowest BCUT2D eigenvalue weighted by Crippen LogP contribution is -2.09. The normalized spacial score (nSPS) is 9.50. The number of carbonyl (C=O) groups excluding carboxylic acids is 1. The van der Waals surface area contributed by atoms with E-state index in [2.05, 4.69) is 4.74 Å². The quantitative estimate of drug-likeness (QED) is 0.430. The molecule has 1 rings (SSSR count). The molecule has 1 aromatic carbocycles. The summed E-state index contributed by atoms with van der Waals surface area (Å²) < 4.78 is 4.62. The van der Waals surface area contributed by atoms with Crippen LogP contribution >= 0.6 is 0 Å². The molecule has 0 saturated carbocycles. The molecule has 0 aromatic heterocycles. The third kappa shape index (κ3) is 1.67. The Morgan fingerprint density at radius 1 is 1.50 bits per heavy atom. The Bertz CT molecular complexity index is 307. The summed E-state index contributed by atoms with van der Waals surface area (Å²) in [5, 5.41) is 0. The van der Waals surface area contributed by atoms with Crippen LogP contribution in [0.3, 0.4) is 0 Å². The van der Waals surface area contributed by atoms with E-state index in [1.807, 2.05) is 26.9 Å². The van der Waals surface area contributed by atoms with Gasteiger partial charge in [-0.1, -0.05) is 17.6 Å². The van der Waals surface area contributed by atoms with Crippen LogP contribution < -0.4 is 5.46 Å². The third-order valence-electron chi connectivity index (χ3n) is 1.79. The monoisotopic (exact) mass is 162 g/mol. The first-order chi connectivity index (χ1) is 5.65. The highest BCUT2D eigenvalue weighted by molar-refractivity contribution is 6.32. The van der Waals surface area contributed by atoms with Gasteiger partial charge in [0.1, 0.15) is 7.85 Å². The highest BCUT2D eigenvalue weighted by Crippen LogP contribution is 2.06.